The summed E-state index contributed by atoms with van der Waals surface area (Å²) in [5.74, 6) is -2.37. The van der Waals surface area contributed by atoms with E-state index in [0.29, 0.717) is 0 Å². The van der Waals surface area contributed by atoms with Gasteiger partial charge in [0.1, 0.15) is 0 Å². The van der Waals surface area contributed by atoms with Crippen LogP contribution in [0, 0.1) is 11.6 Å². The van der Waals surface area contributed by atoms with Crippen molar-refractivity contribution in [3.63, 3.8) is 0 Å². The Hall–Kier alpha value is -1.70. The summed E-state index contributed by atoms with van der Waals surface area (Å²) in [6.45, 7) is 5.53. The summed E-state index contributed by atoms with van der Waals surface area (Å²) < 4.78 is 50.9. The fourth-order valence-corrected chi connectivity index (χ4v) is 2.95. The summed E-state index contributed by atoms with van der Waals surface area (Å²) >= 11 is 0. The highest BCUT2D eigenvalue weighted by atomic mass is 32.2. The van der Waals surface area contributed by atoms with Crippen molar-refractivity contribution in [2.75, 3.05) is 17.1 Å². The van der Waals surface area contributed by atoms with E-state index in [9.17, 15) is 22.0 Å². The van der Waals surface area contributed by atoms with E-state index in [1.165, 1.54) is 6.07 Å². The van der Waals surface area contributed by atoms with E-state index in [1.54, 1.807) is 0 Å². The van der Waals surface area contributed by atoms with Crippen LogP contribution in [0.4, 0.5) is 14.5 Å². The van der Waals surface area contributed by atoms with Crippen LogP contribution in [0.15, 0.2) is 18.2 Å². The first kappa shape index (κ1) is 19.3. The molecule has 8 heteroatoms. The number of benzene rings is 1. The Kier molecular flexibility index (Phi) is 6.10. The van der Waals surface area contributed by atoms with Crippen molar-refractivity contribution in [1.82, 2.24) is 5.32 Å². The van der Waals surface area contributed by atoms with Gasteiger partial charge in [0.25, 0.3) is 0 Å². The van der Waals surface area contributed by atoms with Crippen LogP contribution in [0.3, 0.4) is 0 Å². The molecular weight excluding hydrogens is 326 g/mol. The van der Waals surface area contributed by atoms with E-state index >= 15 is 0 Å². The highest BCUT2D eigenvalue weighted by molar-refractivity contribution is 7.92. The molecule has 1 rings (SSSR count). The Morgan fingerprint density at radius 1 is 1.22 bits per heavy atom. The van der Waals surface area contributed by atoms with Crippen LogP contribution in [0.1, 0.15) is 33.6 Å². The number of nitrogens with one attached hydrogen (secondary N) is 1. The highest BCUT2D eigenvalue weighted by Crippen LogP contribution is 2.21. The van der Waals surface area contributed by atoms with Gasteiger partial charge < -0.3 is 5.32 Å². The second-order valence-electron chi connectivity index (χ2n) is 6.34. The Bertz CT molecular complexity index is 670. The topological polar surface area (TPSA) is 66.5 Å². The second kappa shape index (κ2) is 7.25. The minimum atomic E-state index is -3.67. The largest absolute Gasteiger partial charge is 0.352 e. The molecule has 130 valence electrons. The van der Waals surface area contributed by atoms with Gasteiger partial charge in [-0.3, -0.25) is 9.10 Å². The van der Waals surface area contributed by atoms with E-state index in [-0.39, 0.29) is 36.5 Å². The maximum Gasteiger partial charge on any atom is 0.232 e. The van der Waals surface area contributed by atoms with E-state index in [0.717, 1.165) is 22.7 Å². The van der Waals surface area contributed by atoms with Crippen LogP contribution in [-0.4, -0.2) is 32.7 Å². The molecule has 0 saturated carbocycles. The van der Waals surface area contributed by atoms with E-state index < -0.39 is 21.7 Å². The molecule has 1 aromatic rings. The molecular formula is C15H22F2N2O3S. The predicted octanol–water partition coefficient (Wildman–Crippen LogP) is 2.43. The van der Waals surface area contributed by atoms with Gasteiger partial charge in [-0.2, -0.15) is 0 Å². The number of hydrogen-bond donors (Lipinski definition) is 1. The molecule has 0 saturated heterocycles. The molecule has 0 heterocycles. The smallest absolute Gasteiger partial charge is 0.232 e. The summed E-state index contributed by atoms with van der Waals surface area (Å²) in [7, 11) is -3.67. The van der Waals surface area contributed by atoms with Gasteiger partial charge in [0.2, 0.25) is 15.9 Å². The van der Waals surface area contributed by atoms with Gasteiger partial charge in [0, 0.05) is 24.6 Å². The fourth-order valence-electron chi connectivity index (χ4n) is 1.99. The summed E-state index contributed by atoms with van der Waals surface area (Å²) in [4.78, 5) is 11.7. The molecule has 0 atom stereocenters. The van der Waals surface area contributed by atoms with Crippen LogP contribution in [0.5, 0.6) is 0 Å². The average molecular weight is 348 g/mol. The molecule has 23 heavy (non-hydrogen) atoms. The molecule has 1 aromatic carbocycles. The van der Waals surface area contributed by atoms with Gasteiger partial charge in [-0.25, -0.2) is 17.2 Å². The summed E-state index contributed by atoms with van der Waals surface area (Å²) in [5.41, 5.74) is -0.337. The minimum Gasteiger partial charge on any atom is -0.352 e. The van der Waals surface area contributed by atoms with Gasteiger partial charge in [-0.15, -0.1) is 0 Å². The van der Waals surface area contributed by atoms with Crippen molar-refractivity contribution in [3.05, 3.63) is 29.8 Å². The molecule has 1 N–H and O–H groups in total. The van der Waals surface area contributed by atoms with Crippen molar-refractivity contribution in [1.29, 1.82) is 0 Å². The van der Waals surface area contributed by atoms with Crippen LogP contribution in [0.2, 0.25) is 0 Å². The summed E-state index contributed by atoms with van der Waals surface area (Å²) in [6, 6.07) is 2.88. The molecule has 0 radical (unpaired) electrons. The summed E-state index contributed by atoms with van der Waals surface area (Å²) in [5, 5.41) is 2.77. The predicted molar refractivity (Wildman–Crippen MR) is 85.7 cm³/mol. The molecule has 1 amide bonds. The maximum atomic E-state index is 13.3. The standard InChI is InChI=1S/C15H22F2N2O3S/c1-15(2,3)18-14(20)6-5-9-19(23(4,21)22)11-7-8-12(16)13(17)10-11/h7-8,10H,5-6,9H2,1-4H3,(H,18,20). The van der Waals surface area contributed by atoms with Crippen LogP contribution >= 0.6 is 0 Å². The third-order valence-electron chi connectivity index (χ3n) is 2.87. The van der Waals surface area contributed by atoms with Crippen molar-refractivity contribution >= 4 is 21.6 Å². The second-order valence-corrected chi connectivity index (χ2v) is 8.24. The molecule has 0 spiro atoms. The number of rotatable bonds is 6. The first-order chi connectivity index (χ1) is 10.4. The zero-order valence-electron chi connectivity index (χ0n) is 13.7. The summed E-state index contributed by atoms with van der Waals surface area (Å²) in [6.07, 6.45) is 1.37. The van der Waals surface area contributed by atoms with E-state index in [2.05, 4.69) is 5.32 Å². The average Bonchev–Trinajstić information content (AvgIpc) is 2.34. The fraction of sp³-hybridized carbons (Fsp3) is 0.533. The number of sulfonamides is 1. The quantitative estimate of drug-likeness (QED) is 0.859. The first-order valence-corrected chi connectivity index (χ1v) is 8.99. The number of carbonyl (C=O) groups excluding carboxylic acids is 1. The molecule has 0 fully saturated rings. The van der Waals surface area contributed by atoms with Crippen LogP contribution < -0.4 is 9.62 Å². The van der Waals surface area contributed by atoms with E-state index in [1.807, 2.05) is 20.8 Å². The molecule has 0 aliphatic heterocycles. The van der Waals surface area contributed by atoms with Crippen molar-refractivity contribution in [2.24, 2.45) is 0 Å². The van der Waals surface area contributed by atoms with Gasteiger partial charge in [-0.05, 0) is 39.3 Å². The van der Waals surface area contributed by atoms with E-state index in [4.69, 9.17) is 0 Å². The highest BCUT2D eigenvalue weighted by Gasteiger charge is 2.20. The van der Waals surface area contributed by atoms with Gasteiger partial charge in [0.15, 0.2) is 11.6 Å². The number of carbonyl (C=O) groups is 1. The van der Waals surface area contributed by atoms with Gasteiger partial charge in [-0.1, -0.05) is 0 Å². The normalized spacial score (nSPS) is 12.1. The van der Waals surface area contributed by atoms with Gasteiger partial charge >= 0.3 is 0 Å². The first-order valence-electron chi connectivity index (χ1n) is 7.14. The third-order valence-corrected chi connectivity index (χ3v) is 4.07. The van der Waals surface area contributed by atoms with Crippen LogP contribution in [0.25, 0.3) is 0 Å². The number of hydrogen-bond acceptors (Lipinski definition) is 3. The molecule has 0 aliphatic rings. The Balaban J connectivity index is 2.78. The van der Waals surface area contributed by atoms with Crippen molar-refractivity contribution in [2.45, 2.75) is 39.2 Å². The SMILES string of the molecule is CC(C)(C)NC(=O)CCCN(c1ccc(F)c(F)c1)S(C)(=O)=O. The monoisotopic (exact) mass is 348 g/mol. The third kappa shape index (κ3) is 6.52. The Labute approximate surface area is 135 Å². The lowest BCUT2D eigenvalue weighted by Gasteiger charge is -2.23. The number of nitrogens with zero attached hydrogens (tertiary/aromatic N) is 1. The molecule has 0 unspecified atom stereocenters. The van der Waals surface area contributed by atoms with Crippen molar-refractivity contribution < 1.29 is 22.0 Å². The van der Waals surface area contributed by atoms with Gasteiger partial charge in [0.05, 0.1) is 11.9 Å². The molecule has 0 bridgehead atoms. The zero-order chi connectivity index (χ0) is 17.8. The number of amides is 1. The number of anilines is 1. The lowest BCUT2D eigenvalue weighted by molar-refractivity contribution is -0.122. The Morgan fingerprint density at radius 3 is 2.30 bits per heavy atom. The molecule has 0 aliphatic carbocycles. The Morgan fingerprint density at radius 2 is 1.83 bits per heavy atom. The lowest BCUT2D eigenvalue weighted by Crippen LogP contribution is -2.41. The maximum absolute atomic E-state index is 13.3. The lowest BCUT2D eigenvalue weighted by atomic mass is 10.1. The zero-order valence-corrected chi connectivity index (χ0v) is 14.5. The molecule has 0 aromatic heterocycles. The number of halogens is 2. The van der Waals surface area contributed by atoms with Crippen molar-refractivity contribution in [3.8, 4) is 0 Å². The van der Waals surface area contributed by atoms with Crippen LogP contribution in [-0.2, 0) is 14.8 Å². The molecule has 5 nitrogen and oxygen atoms in total. The minimum absolute atomic E-state index is 0.00146.